The zero-order valence-electron chi connectivity index (χ0n) is 11.8. The van der Waals surface area contributed by atoms with E-state index in [1.165, 1.54) is 0 Å². The second kappa shape index (κ2) is 5.90. The highest BCUT2D eigenvalue weighted by Gasteiger charge is 2.17. The van der Waals surface area contributed by atoms with Gasteiger partial charge in [-0.3, -0.25) is 9.59 Å². The predicted molar refractivity (Wildman–Crippen MR) is 78.1 cm³/mol. The maximum absolute atomic E-state index is 12.4. The molecule has 2 aromatic rings. The van der Waals surface area contributed by atoms with Crippen LogP contribution in [0.4, 0.5) is 0 Å². The van der Waals surface area contributed by atoms with Crippen LogP contribution < -0.4 is 0 Å². The quantitative estimate of drug-likeness (QED) is 0.649. The minimum absolute atomic E-state index is 0.102. The van der Waals surface area contributed by atoms with Crippen LogP contribution >= 0.6 is 0 Å². The lowest BCUT2D eigenvalue weighted by Crippen LogP contribution is -2.03. The van der Waals surface area contributed by atoms with E-state index >= 15 is 0 Å². The van der Waals surface area contributed by atoms with Crippen LogP contribution in [0, 0.1) is 6.92 Å². The first-order chi connectivity index (χ1) is 9.52. The number of fused-ring (bicyclic) bond motifs is 1. The molecular weight excluding hydrogens is 254 g/mol. The summed E-state index contributed by atoms with van der Waals surface area (Å²) in [6.45, 7) is 1.95. The third kappa shape index (κ3) is 2.74. The molecule has 0 saturated carbocycles. The summed E-state index contributed by atoms with van der Waals surface area (Å²) in [6.07, 6.45) is 1.70. The van der Waals surface area contributed by atoms with E-state index in [-0.39, 0.29) is 12.2 Å². The zero-order valence-corrected chi connectivity index (χ0v) is 11.8. The van der Waals surface area contributed by atoms with Crippen molar-refractivity contribution in [2.24, 2.45) is 7.05 Å². The second-order valence-corrected chi connectivity index (χ2v) is 5.06. The van der Waals surface area contributed by atoms with Gasteiger partial charge in [-0.15, -0.1) is 0 Å². The molecule has 1 aromatic heterocycles. The van der Waals surface area contributed by atoms with E-state index in [1.807, 2.05) is 42.8 Å². The number of ketones is 1. The van der Waals surface area contributed by atoms with Gasteiger partial charge in [0.1, 0.15) is 0 Å². The molecule has 1 N–H and O–H groups in total. The summed E-state index contributed by atoms with van der Waals surface area (Å²) < 4.78 is 2.03. The van der Waals surface area contributed by atoms with Gasteiger partial charge in [0, 0.05) is 42.0 Å². The van der Waals surface area contributed by atoms with Crippen LogP contribution in [0.15, 0.2) is 24.3 Å². The lowest BCUT2D eigenvalue weighted by atomic mass is 10.0. The average Bonchev–Trinajstić information content (AvgIpc) is 2.67. The van der Waals surface area contributed by atoms with Crippen molar-refractivity contribution in [1.82, 2.24) is 4.57 Å². The van der Waals surface area contributed by atoms with Gasteiger partial charge in [0.2, 0.25) is 0 Å². The molecule has 0 radical (unpaired) electrons. The van der Waals surface area contributed by atoms with E-state index in [0.717, 1.165) is 22.2 Å². The summed E-state index contributed by atoms with van der Waals surface area (Å²) in [5.41, 5.74) is 2.80. The summed E-state index contributed by atoms with van der Waals surface area (Å²) in [4.78, 5) is 22.8. The van der Waals surface area contributed by atoms with E-state index in [1.54, 1.807) is 0 Å². The van der Waals surface area contributed by atoms with Crippen LogP contribution in [-0.2, 0) is 11.8 Å². The van der Waals surface area contributed by atoms with Gasteiger partial charge in [-0.05, 0) is 25.8 Å². The Balaban J connectivity index is 2.18. The Hall–Kier alpha value is -2.10. The van der Waals surface area contributed by atoms with Crippen LogP contribution in [0.25, 0.3) is 10.9 Å². The molecule has 1 heterocycles. The van der Waals surface area contributed by atoms with Gasteiger partial charge in [0.05, 0.1) is 0 Å². The Morgan fingerprint density at radius 2 is 1.80 bits per heavy atom. The lowest BCUT2D eigenvalue weighted by Gasteiger charge is -2.02. The molecule has 0 aliphatic carbocycles. The van der Waals surface area contributed by atoms with E-state index < -0.39 is 5.97 Å². The number of aromatic nitrogens is 1. The molecule has 4 heteroatoms. The van der Waals surface area contributed by atoms with Gasteiger partial charge in [-0.25, -0.2) is 0 Å². The Morgan fingerprint density at radius 1 is 1.15 bits per heavy atom. The number of carbonyl (C=O) groups excluding carboxylic acids is 1. The number of carboxylic acids is 1. The minimum atomic E-state index is -0.807. The number of Topliss-reactive ketones (excluding diaryl/α,β-unsaturated/α-hetero) is 1. The maximum atomic E-state index is 12.4. The Labute approximate surface area is 118 Å². The predicted octanol–water partition coefficient (Wildman–Crippen LogP) is 3.31. The smallest absolute Gasteiger partial charge is 0.303 e. The molecule has 4 nitrogen and oxygen atoms in total. The molecule has 0 aliphatic rings. The second-order valence-electron chi connectivity index (χ2n) is 5.06. The number of carbonyl (C=O) groups is 2. The number of unbranched alkanes of at least 4 members (excludes halogenated alkanes) is 1. The first-order valence-corrected chi connectivity index (χ1v) is 6.81. The monoisotopic (exact) mass is 273 g/mol. The number of rotatable bonds is 6. The maximum Gasteiger partial charge on any atom is 0.303 e. The normalized spacial score (nSPS) is 10.9. The molecule has 0 bridgehead atoms. The fourth-order valence-corrected chi connectivity index (χ4v) is 2.56. The fraction of sp³-hybridized carbons (Fsp3) is 0.375. The van der Waals surface area contributed by atoms with Crippen LogP contribution in [0.2, 0.25) is 0 Å². The van der Waals surface area contributed by atoms with Gasteiger partial charge >= 0.3 is 5.97 Å². The molecule has 0 spiro atoms. The molecule has 0 atom stereocenters. The highest BCUT2D eigenvalue weighted by molar-refractivity contribution is 6.09. The van der Waals surface area contributed by atoms with Crippen molar-refractivity contribution < 1.29 is 14.7 Å². The number of hydrogen-bond donors (Lipinski definition) is 1. The van der Waals surface area contributed by atoms with Crippen molar-refractivity contribution in [3.63, 3.8) is 0 Å². The van der Waals surface area contributed by atoms with Gasteiger partial charge in [0.25, 0.3) is 0 Å². The van der Waals surface area contributed by atoms with Gasteiger partial charge in [-0.1, -0.05) is 18.2 Å². The number of aliphatic carboxylic acids is 1. The Kier molecular flexibility index (Phi) is 4.23. The molecule has 0 aliphatic heterocycles. The van der Waals surface area contributed by atoms with E-state index in [2.05, 4.69) is 0 Å². The van der Waals surface area contributed by atoms with Crippen LogP contribution in [0.1, 0.15) is 41.7 Å². The summed E-state index contributed by atoms with van der Waals surface area (Å²) in [6, 6.07) is 7.86. The van der Waals surface area contributed by atoms with Crippen molar-refractivity contribution >= 4 is 22.7 Å². The molecular formula is C16H19NO3. The summed E-state index contributed by atoms with van der Waals surface area (Å²) in [7, 11) is 1.96. The third-order valence-electron chi connectivity index (χ3n) is 3.72. The fourth-order valence-electron chi connectivity index (χ4n) is 2.56. The molecule has 2 rings (SSSR count). The topological polar surface area (TPSA) is 59.3 Å². The molecule has 1 aromatic carbocycles. The number of hydrogen-bond acceptors (Lipinski definition) is 2. The number of carboxylic acid groups (broad SMARTS) is 1. The molecule has 20 heavy (non-hydrogen) atoms. The Bertz CT molecular complexity index is 655. The largest absolute Gasteiger partial charge is 0.481 e. The molecule has 0 unspecified atom stereocenters. The molecule has 0 fully saturated rings. The van der Waals surface area contributed by atoms with Gasteiger partial charge in [0.15, 0.2) is 5.78 Å². The molecule has 0 saturated heterocycles. The van der Waals surface area contributed by atoms with Gasteiger partial charge < -0.3 is 9.67 Å². The van der Waals surface area contributed by atoms with Crippen molar-refractivity contribution in [3.8, 4) is 0 Å². The van der Waals surface area contributed by atoms with Crippen molar-refractivity contribution in [2.75, 3.05) is 0 Å². The average molecular weight is 273 g/mol. The van der Waals surface area contributed by atoms with E-state index in [0.29, 0.717) is 19.3 Å². The lowest BCUT2D eigenvalue weighted by molar-refractivity contribution is -0.137. The summed E-state index contributed by atoms with van der Waals surface area (Å²) >= 11 is 0. The first kappa shape index (κ1) is 14.3. The summed E-state index contributed by atoms with van der Waals surface area (Å²) in [5, 5.41) is 9.58. The van der Waals surface area contributed by atoms with Crippen LogP contribution in [0.5, 0.6) is 0 Å². The number of nitrogens with zero attached hydrogens (tertiary/aromatic N) is 1. The number of aryl methyl sites for hydroxylation is 1. The number of para-hydroxylation sites is 1. The van der Waals surface area contributed by atoms with Crippen molar-refractivity contribution in [2.45, 2.75) is 32.6 Å². The summed E-state index contributed by atoms with van der Waals surface area (Å²) in [5.74, 6) is -0.705. The molecule has 106 valence electrons. The first-order valence-electron chi connectivity index (χ1n) is 6.81. The highest BCUT2D eigenvalue weighted by atomic mass is 16.4. The van der Waals surface area contributed by atoms with Crippen LogP contribution in [-0.4, -0.2) is 21.4 Å². The zero-order chi connectivity index (χ0) is 14.7. The van der Waals surface area contributed by atoms with E-state index in [9.17, 15) is 9.59 Å². The Morgan fingerprint density at radius 3 is 2.50 bits per heavy atom. The minimum Gasteiger partial charge on any atom is -0.481 e. The third-order valence-corrected chi connectivity index (χ3v) is 3.72. The van der Waals surface area contributed by atoms with Gasteiger partial charge in [-0.2, -0.15) is 0 Å². The highest BCUT2D eigenvalue weighted by Crippen LogP contribution is 2.26. The standard InChI is InChI=1S/C16H19NO3/c1-11-16(14(18)9-5-6-10-15(19)20)12-7-3-4-8-13(12)17(11)2/h3-4,7-8H,5-6,9-10H2,1-2H3,(H,19,20). The van der Waals surface area contributed by atoms with E-state index in [4.69, 9.17) is 5.11 Å². The van der Waals surface area contributed by atoms with Crippen LogP contribution in [0.3, 0.4) is 0 Å². The molecule has 0 amide bonds. The number of benzene rings is 1. The SMILES string of the molecule is Cc1c(C(=O)CCCCC(=O)O)c2ccccc2n1C. The van der Waals surface area contributed by atoms with Crippen molar-refractivity contribution in [1.29, 1.82) is 0 Å². The van der Waals surface area contributed by atoms with Crippen molar-refractivity contribution in [3.05, 3.63) is 35.5 Å².